The van der Waals surface area contributed by atoms with Crippen LogP contribution >= 0.6 is 28.3 Å². The van der Waals surface area contributed by atoms with E-state index >= 15 is 0 Å². The maximum atomic E-state index is 11.9. The number of halogens is 2. The first-order valence-corrected chi connectivity index (χ1v) is 7.30. The smallest absolute Gasteiger partial charge is 0.237 e. The molecule has 1 atom stereocenters. The van der Waals surface area contributed by atoms with E-state index in [1.807, 2.05) is 12.1 Å². The van der Waals surface area contributed by atoms with Crippen LogP contribution in [0.1, 0.15) is 24.8 Å². The summed E-state index contributed by atoms with van der Waals surface area (Å²) in [5.74, 6) is 0.145. The average molecular weight is 348 g/mol. The Morgan fingerprint density at radius 2 is 2.05 bits per heavy atom. The number of hydrogen-bond donors (Lipinski definition) is 2. The lowest BCUT2D eigenvalue weighted by atomic mass is 10.0. The molecular formula is C14H20BrClN2O. The minimum atomic E-state index is 0. The van der Waals surface area contributed by atoms with Crippen LogP contribution in [0.3, 0.4) is 0 Å². The number of hydrogen-bond acceptors (Lipinski definition) is 2. The zero-order valence-electron chi connectivity index (χ0n) is 10.8. The Hall–Kier alpha value is -0.580. The lowest BCUT2D eigenvalue weighted by Crippen LogP contribution is -2.47. The molecule has 106 valence electrons. The molecule has 0 spiro atoms. The number of benzene rings is 1. The highest BCUT2D eigenvalue weighted by atomic mass is 79.9. The normalized spacial score (nSPS) is 18.5. The van der Waals surface area contributed by atoms with E-state index in [4.69, 9.17) is 0 Å². The van der Waals surface area contributed by atoms with Crippen LogP contribution in [-0.4, -0.2) is 25.0 Å². The Morgan fingerprint density at radius 1 is 1.32 bits per heavy atom. The second-order valence-electron chi connectivity index (χ2n) is 4.67. The third kappa shape index (κ3) is 5.51. The van der Waals surface area contributed by atoms with E-state index in [-0.39, 0.29) is 24.4 Å². The van der Waals surface area contributed by atoms with Crippen molar-refractivity contribution in [3.63, 3.8) is 0 Å². The Kier molecular flexibility index (Phi) is 7.42. The van der Waals surface area contributed by atoms with Crippen molar-refractivity contribution in [2.75, 3.05) is 13.1 Å². The van der Waals surface area contributed by atoms with Gasteiger partial charge in [-0.05, 0) is 43.5 Å². The minimum Gasteiger partial charge on any atom is -0.354 e. The van der Waals surface area contributed by atoms with E-state index in [1.165, 1.54) is 12.0 Å². The molecule has 0 aromatic heterocycles. The second-order valence-corrected chi connectivity index (χ2v) is 5.59. The maximum Gasteiger partial charge on any atom is 0.237 e. The molecule has 1 aromatic carbocycles. The van der Waals surface area contributed by atoms with E-state index in [0.29, 0.717) is 6.54 Å². The molecule has 3 nitrogen and oxygen atoms in total. The first kappa shape index (κ1) is 16.5. The van der Waals surface area contributed by atoms with Gasteiger partial charge in [-0.3, -0.25) is 4.79 Å². The lowest BCUT2D eigenvalue weighted by molar-refractivity contribution is -0.123. The number of nitrogens with one attached hydrogen (secondary N) is 2. The molecule has 5 heteroatoms. The van der Waals surface area contributed by atoms with E-state index in [2.05, 4.69) is 38.7 Å². The fourth-order valence-corrected chi connectivity index (χ4v) is 2.44. The summed E-state index contributed by atoms with van der Waals surface area (Å²) in [4.78, 5) is 11.9. The zero-order chi connectivity index (χ0) is 12.8. The molecular weight excluding hydrogens is 328 g/mol. The number of carbonyl (C=O) groups is 1. The average Bonchev–Trinajstić information content (AvgIpc) is 2.42. The Balaban J connectivity index is 0.00000180. The largest absolute Gasteiger partial charge is 0.354 e. The molecule has 0 unspecified atom stereocenters. The van der Waals surface area contributed by atoms with Crippen LogP contribution in [-0.2, 0) is 11.2 Å². The van der Waals surface area contributed by atoms with Crippen molar-refractivity contribution in [2.45, 2.75) is 31.7 Å². The number of amides is 1. The molecule has 1 saturated heterocycles. The Labute approximate surface area is 129 Å². The predicted octanol–water partition coefficient (Wildman–Crippen LogP) is 2.67. The molecule has 0 aliphatic carbocycles. The van der Waals surface area contributed by atoms with Crippen LogP contribution in [0.5, 0.6) is 0 Å². The van der Waals surface area contributed by atoms with Crippen molar-refractivity contribution in [1.29, 1.82) is 0 Å². The standard InChI is InChI=1S/C14H19BrN2O.ClH/c15-12-6-4-11(5-7-12)8-10-17-14(18)13-3-1-2-9-16-13;/h4-7,13,16H,1-3,8-10H2,(H,17,18);1H/t13-;/m0./s1. The highest BCUT2D eigenvalue weighted by molar-refractivity contribution is 9.10. The summed E-state index contributed by atoms with van der Waals surface area (Å²) >= 11 is 3.41. The summed E-state index contributed by atoms with van der Waals surface area (Å²) in [5.41, 5.74) is 1.25. The summed E-state index contributed by atoms with van der Waals surface area (Å²) in [6, 6.07) is 8.23. The van der Waals surface area contributed by atoms with Gasteiger partial charge < -0.3 is 10.6 Å². The summed E-state index contributed by atoms with van der Waals surface area (Å²) in [7, 11) is 0. The van der Waals surface area contributed by atoms with Crippen molar-refractivity contribution in [3.8, 4) is 0 Å². The molecule has 2 rings (SSSR count). The van der Waals surface area contributed by atoms with Crippen LogP contribution in [0.2, 0.25) is 0 Å². The monoisotopic (exact) mass is 346 g/mol. The van der Waals surface area contributed by atoms with E-state index in [0.717, 1.165) is 30.3 Å². The fraction of sp³-hybridized carbons (Fsp3) is 0.500. The van der Waals surface area contributed by atoms with Crippen molar-refractivity contribution < 1.29 is 4.79 Å². The lowest BCUT2D eigenvalue weighted by Gasteiger charge is -2.22. The van der Waals surface area contributed by atoms with Gasteiger partial charge in [0.15, 0.2) is 0 Å². The van der Waals surface area contributed by atoms with Gasteiger partial charge in [-0.1, -0.05) is 34.5 Å². The van der Waals surface area contributed by atoms with Crippen LogP contribution in [0.25, 0.3) is 0 Å². The van der Waals surface area contributed by atoms with Gasteiger partial charge in [0.1, 0.15) is 0 Å². The van der Waals surface area contributed by atoms with Crippen molar-refractivity contribution in [3.05, 3.63) is 34.3 Å². The van der Waals surface area contributed by atoms with Gasteiger partial charge in [-0.25, -0.2) is 0 Å². The molecule has 0 saturated carbocycles. The highest BCUT2D eigenvalue weighted by Crippen LogP contribution is 2.11. The van der Waals surface area contributed by atoms with E-state index < -0.39 is 0 Å². The van der Waals surface area contributed by atoms with Crippen LogP contribution in [0, 0.1) is 0 Å². The van der Waals surface area contributed by atoms with E-state index in [1.54, 1.807) is 0 Å². The molecule has 1 amide bonds. The summed E-state index contributed by atoms with van der Waals surface area (Å²) in [6.07, 6.45) is 4.18. The van der Waals surface area contributed by atoms with Crippen molar-refractivity contribution >= 4 is 34.2 Å². The van der Waals surface area contributed by atoms with E-state index in [9.17, 15) is 4.79 Å². The minimum absolute atomic E-state index is 0. The van der Waals surface area contributed by atoms with Crippen LogP contribution in [0.15, 0.2) is 28.7 Å². The molecule has 19 heavy (non-hydrogen) atoms. The molecule has 1 fully saturated rings. The molecule has 0 radical (unpaired) electrons. The highest BCUT2D eigenvalue weighted by Gasteiger charge is 2.19. The molecule has 1 heterocycles. The first-order valence-electron chi connectivity index (χ1n) is 6.51. The summed E-state index contributed by atoms with van der Waals surface area (Å²) in [5, 5.41) is 6.26. The first-order chi connectivity index (χ1) is 8.75. The van der Waals surface area contributed by atoms with Gasteiger partial charge in [0, 0.05) is 11.0 Å². The molecule has 1 aliphatic heterocycles. The maximum absolute atomic E-state index is 11.9. The van der Waals surface area contributed by atoms with Gasteiger partial charge in [-0.2, -0.15) is 0 Å². The van der Waals surface area contributed by atoms with Crippen molar-refractivity contribution in [2.24, 2.45) is 0 Å². The summed E-state index contributed by atoms with van der Waals surface area (Å²) < 4.78 is 1.08. The quantitative estimate of drug-likeness (QED) is 0.879. The molecule has 2 N–H and O–H groups in total. The molecule has 0 bridgehead atoms. The SMILES string of the molecule is Cl.O=C(NCCc1ccc(Br)cc1)[C@@H]1CCCCN1. The summed E-state index contributed by atoms with van der Waals surface area (Å²) in [6.45, 7) is 1.67. The Bertz CT molecular complexity index is 391. The van der Waals surface area contributed by atoms with Crippen molar-refractivity contribution in [1.82, 2.24) is 10.6 Å². The van der Waals surface area contributed by atoms with Crippen LogP contribution < -0.4 is 10.6 Å². The number of rotatable bonds is 4. The topological polar surface area (TPSA) is 41.1 Å². The Morgan fingerprint density at radius 3 is 2.68 bits per heavy atom. The van der Waals surface area contributed by atoms with Gasteiger partial charge in [0.2, 0.25) is 5.91 Å². The van der Waals surface area contributed by atoms with Crippen LogP contribution in [0.4, 0.5) is 0 Å². The molecule has 1 aromatic rings. The number of carbonyl (C=O) groups excluding carboxylic acids is 1. The number of piperidine rings is 1. The third-order valence-corrected chi connectivity index (χ3v) is 3.78. The fourth-order valence-electron chi connectivity index (χ4n) is 2.18. The molecule has 1 aliphatic rings. The zero-order valence-corrected chi connectivity index (χ0v) is 13.2. The van der Waals surface area contributed by atoms with Gasteiger partial charge >= 0.3 is 0 Å². The predicted molar refractivity (Wildman–Crippen MR) is 83.7 cm³/mol. The second kappa shape index (κ2) is 8.56. The van der Waals surface area contributed by atoms with Gasteiger partial charge in [0.25, 0.3) is 0 Å². The third-order valence-electron chi connectivity index (χ3n) is 3.25. The van der Waals surface area contributed by atoms with Gasteiger partial charge in [-0.15, -0.1) is 12.4 Å². The van der Waals surface area contributed by atoms with Gasteiger partial charge in [0.05, 0.1) is 6.04 Å².